The number of aromatic hydroxyl groups is 1. The van der Waals surface area contributed by atoms with E-state index in [9.17, 15) is 5.11 Å². The van der Waals surface area contributed by atoms with E-state index in [2.05, 4.69) is 20.8 Å². The second-order valence-corrected chi connectivity index (χ2v) is 4.52. The Labute approximate surface area is 90.9 Å². The van der Waals surface area contributed by atoms with Crippen LogP contribution >= 0.6 is 0 Å². The monoisotopic (exact) mass is 206 g/mol. The number of benzene rings is 1. The van der Waals surface area contributed by atoms with E-state index in [4.69, 9.17) is 4.74 Å². The maximum absolute atomic E-state index is 9.61. The largest absolute Gasteiger partial charge is 0.508 e. The molecule has 82 valence electrons. The van der Waals surface area contributed by atoms with Gasteiger partial charge in [-0.1, -0.05) is 20.8 Å². The van der Waals surface area contributed by atoms with Gasteiger partial charge in [-0.15, -0.1) is 0 Å². The van der Waals surface area contributed by atoms with Gasteiger partial charge in [-0.05, 0) is 24.0 Å². The zero-order valence-corrected chi connectivity index (χ0v) is 9.58. The fourth-order valence-electron chi connectivity index (χ4n) is 2.26. The first-order valence-electron chi connectivity index (χ1n) is 5.63. The third kappa shape index (κ3) is 1.69. The van der Waals surface area contributed by atoms with Crippen molar-refractivity contribution in [3.05, 3.63) is 23.3 Å². The molecule has 15 heavy (non-hydrogen) atoms. The maximum Gasteiger partial charge on any atom is 0.126 e. The van der Waals surface area contributed by atoms with E-state index < -0.39 is 0 Å². The maximum atomic E-state index is 9.61. The normalized spacial score (nSPS) is 19.1. The molecule has 0 fully saturated rings. The van der Waals surface area contributed by atoms with Gasteiger partial charge in [0.25, 0.3) is 0 Å². The van der Waals surface area contributed by atoms with Crippen molar-refractivity contribution in [1.29, 1.82) is 0 Å². The summed E-state index contributed by atoms with van der Waals surface area (Å²) >= 11 is 0. The summed E-state index contributed by atoms with van der Waals surface area (Å²) in [6.45, 7) is 7.25. The van der Waals surface area contributed by atoms with E-state index in [1.165, 1.54) is 11.1 Å². The molecule has 0 radical (unpaired) electrons. The third-order valence-corrected chi connectivity index (χ3v) is 3.12. The smallest absolute Gasteiger partial charge is 0.126 e. The Morgan fingerprint density at radius 2 is 2.20 bits per heavy atom. The van der Waals surface area contributed by atoms with Gasteiger partial charge in [0.1, 0.15) is 11.5 Å². The second-order valence-electron chi connectivity index (χ2n) is 4.52. The van der Waals surface area contributed by atoms with E-state index in [-0.39, 0.29) is 0 Å². The standard InChI is InChI=1S/C13H18O2/c1-4-9-7-15-12-6-10(14)5-11(8(2)3)13(9)12/h5-6,8-9,14H,4,7H2,1-3H3. The molecule has 0 spiro atoms. The van der Waals surface area contributed by atoms with E-state index in [1.807, 2.05) is 6.07 Å². The van der Waals surface area contributed by atoms with Crippen LogP contribution in [0.1, 0.15) is 50.2 Å². The molecule has 0 amide bonds. The van der Waals surface area contributed by atoms with Crippen LogP contribution in [-0.4, -0.2) is 11.7 Å². The molecular formula is C13H18O2. The first kappa shape index (κ1) is 10.3. The Kier molecular flexibility index (Phi) is 2.59. The van der Waals surface area contributed by atoms with Crippen LogP contribution in [0.15, 0.2) is 12.1 Å². The molecule has 1 atom stereocenters. The molecule has 2 heteroatoms. The topological polar surface area (TPSA) is 29.5 Å². The van der Waals surface area contributed by atoms with E-state index in [1.54, 1.807) is 6.07 Å². The van der Waals surface area contributed by atoms with Crippen molar-refractivity contribution in [3.8, 4) is 11.5 Å². The van der Waals surface area contributed by atoms with Gasteiger partial charge in [0, 0.05) is 17.5 Å². The summed E-state index contributed by atoms with van der Waals surface area (Å²) in [4.78, 5) is 0. The molecule has 0 bridgehead atoms. The molecule has 2 rings (SSSR count). The zero-order valence-electron chi connectivity index (χ0n) is 9.58. The Hall–Kier alpha value is -1.18. The molecule has 1 aromatic rings. The van der Waals surface area contributed by atoms with Crippen LogP contribution in [-0.2, 0) is 0 Å². The van der Waals surface area contributed by atoms with Crippen molar-refractivity contribution in [3.63, 3.8) is 0 Å². The van der Waals surface area contributed by atoms with E-state index in [0.717, 1.165) is 18.8 Å². The first-order chi connectivity index (χ1) is 7.13. The quantitative estimate of drug-likeness (QED) is 0.803. The van der Waals surface area contributed by atoms with Crippen LogP contribution < -0.4 is 4.74 Å². The highest BCUT2D eigenvalue weighted by atomic mass is 16.5. The minimum absolute atomic E-state index is 0.314. The van der Waals surface area contributed by atoms with Gasteiger partial charge in [-0.2, -0.15) is 0 Å². The van der Waals surface area contributed by atoms with Crippen LogP contribution in [0, 0.1) is 0 Å². The molecule has 1 aliphatic rings. The fourth-order valence-corrected chi connectivity index (χ4v) is 2.26. The van der Waals surface area contributed by atoms with Gasteiger partial charge in [-0.3, -0.25) is 0 Å². The molecule has 1 N–H and O–H groups in total. The van der Waals surface area contributed by atoms with Crippen LogP contribution in [0.4, 0.5) is 0 Å². The molecule has 0 aliphatic carbocycles. The minimum atomic E-state index is 0.314. The van der Waals surface area contributed by atoms with Gasteiger partial charge < -0.3 is 9.84 Å². The number of ether oxygens (including phenoxy) is 1. The minimum Gasteiger partial charge on any atom is -0.508 e. The van der Waals surface area contributed by atoms with Gasteiger partial charge in [0.2, 0.25) is 0 Å². The summed E-state index contributed by atoms with van der Waals surface area (Å²) in [5.41, 5.74) is 2.54. The van der Waals surface area contributed by atoms with Crippen LogP contribution in [0.5, 0.6) is 11.5 Å². The van der Waals surface area contributed by atoms with Crippen molar-refractivity contribution < 1.29 is 9.84 Å². The van der Waals surface area contributed by atoms with Gasteiger partial charge in [-0.25, -0.2) is 0 Å². The molecule has 0 aromatic heterocycles. The fraction of sp³-hybridized carbons (Fsp3) is 0.538. The van der Waals surface area contributed by atoms with Crippen molar-refractivity contribution in [1.82, 2.24) is 0 Å². The Morgan fingerprint density at radius 1 is 1.47 bits per heavy atom. The van der Waals surface area contributed by atoms with Gasteiger partial charge in [0.05, 0.1) is 6.61 Å². The molecular weight excluding hydrogens is 188 g/mol. The Balaban J connectivity index is 2.55. The first-order valence-corrected chi connectivity index (χ1v) is 5.63. The molecule has 1 unspecified atom stereocenters. The molecule has 1 heterocycles. The molecule has 1 aliphatic heterocycles. The lowest BCUT2D eigenvalue weighted by Gasteiger charge is -2.14. The van der Waals surface area contributed by atoms with Crippen LogP contribution in [0.2, 0.25) is 0 Å². The summed E-state index contributed by atoms with van der Waals surface area (Å²) in [5.74, 6) is 2.12. The molecule has 2 nitrogen and oxygen atoms in total. The van der Waals surface area contributed by atoms with E-state index in [0.29, 0.717) is 17.6 Å². The number of fused-ring (bicyclic) bond motifs is 1. The number of hydrogen-bond donors (Lipinski definition) is 1. The summed E-state index contributed by atoms with van der Waals surface area (Å²) < 4.78 is 5.61. The number of phenols is 1. The lowest BCUT2D eigenvalue weighted by Crippen LogP contribution is -2.01. The zero-order chi connectivity index (χ0) is 11.0. The summed E-state index contributed by atoms with van der Waals surface area (Å²) in [6.07, 6.45) is 1.09. The average molecular weight is 206 g/mol. The highest BCUT2D eigenvalue weighted by molar-refractivity contribution is 5.51. The Morgan fingerprint density at radius 3 is 2.80 bits per heavy atom. The SMILES string of the molecule is CCC1COc2cc(O)cc(C(C)C)c21. The molecule has 1 aromatic carbocycles. The van der Waals surface area contributed by atoms with Gasteiger partial charge >= 0.3 is 0 Å². The summed E-state index contributed by atoms with van der Waals surface area (Å²) in [6, 6.07) is 3.61. The lowest BCUT2D eigenvalue weighted by atomic mass is 9.88. The third-order valence-electron chi connectivity index (χ3n) is 3.12. The van der Waals surface area contributed by atoms with Crippen molar-refractivity contribution in [2.45, 2.75) is 39.0 Å². The second kappa shape index (κ2) is 3.76. The number of rotatable bonds is 2. The summed E-state index contributed by atoms with van der Waals surface area (Å²) in [7, 11) is 0. The highest BCUT2D eigenvalue weighted by Crippen LogP contribution is 2.43. The molecule has 0 saturated heterocycles. The lowest BCUT2D eigenvalue weighted by molar-refractivity contribution is 0.327. The average Bonchev–Trinajstić information content (AvgIpc) is 2.58. The van der Waals surface area contributed by atoms with Gasteiger partial charge in [0.15, 0.2) is 0 Å². The van der Waals surface area contributed by atoms with Crippen LogP contribution in [0.3, 0.4) is 0 Å². The number of hydrogen-bond acceptors (Lipinski definition) is 2. The highest BCUT2D eigenvalue weighted by Gasteiger charge is 2.27. The molecule has 0 saturated carbocycles. The number of phenolic OH excluding ortho intramolecular Hbond substituents is 1. The van der Waals surface area contributed by atoms with E-state index >= 15 is 0 Å². The predicted molar refractivity (Wildman–Crippen MR) is 60.7 cm³/mol. The van der Waals surface area contributed by atoms with Crippen LogP contribution in [0.25, 0.3) is 0 Å². The van der Waals surface area contributed by atoms with Crippen molar-refractivity contribution in [2.75, 3.05) is 6.61 Å². The van der Waals surface area contributed by atoms with Crippen molar-refractivity contribution in [2.24, 2.45) is 0 Å². The van der Waals surface area contributed by atoms with Crippen molar-refractivity contribution >= 4 is 0 Å². The summed E-state index contributed by atoms with van der Waals surface area (Å²) in [5, 5.41) is 9.61. The Bertz CT molecular complexity index is 369. The predicted octanol–water partition coefficient (Wildman–Crippen LogP) is 3.40.